The second-order valence-electron chi connectivity index (χ2n) is 21.4. The van der Waals surface area contributed by atoms with E-state index in [1.165, 1.54) is 67.5 Å². The van der Waals surface area contributed by atoms with Gasteiger partial charge in [-0.05, 0) is 115 Å². The number of rotatable bonds is 7. The zero-order valence-corrected chi connectivity index (χ0v) is 45.4. The van der Waals surface area contributed by atoms with Gasteiger partial charge in [-0.2, -0.15) is 0 Å². The van der Waals surface area contributed by atoms with Crippen LogP contribution in [0.1, 0.15) is 89.5 Å². The fourth-order valence-electron chi connectivity index (χ4n) is 10.3. The Morgan fingerprint density at radius 3 is 2.01 bits per heavy atom. The molecule has 0 aliphatic heterocycles. The summed E-state index contributed by atoms with van der Waals surface area (Å²) in [4.78, 5) is 9.70. The topological polar surface area (TPSA) is 43.9 Å². The minimum absolute atomic E-state index is 0. The van der Waals surface area contributed by atoms with Gasteiger partial charge in [0.15, 0.2) is 0 Å². The fraction of sp³-hybridized carbons (Fsp3) is 0.238. The Balaban J connectivity index is 0.000000286. The van der Waals surface area contributed by atoms with Crippen molar-refractivity contribution in [2.45, 2.75) is 97.7 Å². The molecule has 70 heavy (non-hydrogen) atoms. The van der Waals surface area contributed by atoms with Crippen LogP contribution < -0.4 is 5.19 Å². The Bertz CT molecular complexity index is 3530. The minimum atomic E-state index is -1.34. The van der Waals surface area contributed by atoms with Gasteiger partial charge in [0.25, 0.3) is 0 Å². The molecule has 0 spiro atoms. The predicted molar refractivity (Wildman–Crippen MR) is 289 cm³/mol. The molecule has 355 valence electrons. The molecular formula is C63H60FIrN3OSi-2. The number of fused-ring (bicyclic) bond motifs is 7. The third-order valence-corrected chi connectivity index (χ3v) is 16.9. The standard InChI is InChI=1S/C49H45N2O.C14H15FNSi.Ir/c1-29(2)36-25-32(31-17-10-9-11-18-31)26-37(30(3)4)45(36)51-43-24-15-14-23-42(43)50-47(51)35-21-16-20-34-39-27-41-38(28-44(39)52-46(34)35)33-19-12-13-22-40(33)48(5,6)49(41,7)8;1-17(2,3)13-8-9-16-14(10-13)11-4-6-12(15)7-5-11;/h9-20,22-30H,1-8H3;4,6-10H,1-3H3;/q2*-1;. The van der Waals surface area contributed by atoms with E-state index >= 15 is 0 Å². The van der Waals surface area contributed by atoms with Gasteiger partial charge >= 0.3 is 0 Å². The largest absolute Gasteiger partial charge is 0.501 e. The normalized spacial score (nSPS) is 13.8. The van der Waals surface area contributed by atoms with Crippen molar-refractivity contribution in [2.75, 3.05) is 0 Å². The zero-order chi connectivity index (χ0) is 48.6. The first-order chi connectivity index (χ1) is 32.9. The summed E-state index contributed by atoms with van der Waals surface area (Å²) in [5, 5.41) is 3.57. The Labute approximate surface area is 427 Å². The molecule has 3 aromatic heterocycles. The van der Waals surface area contributed by atoms with Crippen LogP contribution in [0.5, 0.6) is 0 Å². The van der Waals surface area contributed by atoms with Crippen LogP contribution in [-0.2, 0) is 30.9 Å². The molecule has 0 unspecified atom stereocenters. The zero-order valence-electron chi connectivity index (χ0n) is 42.0. The smallest absolute Gasteiger partial charge is 0.121 e. The Hall–Kier alpha value is -6.24. The molecule has 1 aliphatic rings. The second-order valence-corrected chi connectivity index (χ2v) is 26.5. The molecule has 0 fully saturated rings. The number of furan rings is 1. The van der Waals surface area contributed by atoms with Crippen molar-refractivity contribution in [1.82, 2.24) is 14.5 Å². The first kappa shape index (κ1) is 48.8. The number of nitrogens with zero attached hydrogens (tertiary/aromatic N) is 3. The molecule has 0 bridgehead atoms. The maximum Gasteiger partial charge on any atom is 0.121 e. The Morgan fingerprint density at radius 1 is 0.657 bits per heavy atom. The van der Waals surface area contributed by atoms with E-state index in [9.17, 15) is 4.39 Å². The molecular weight excluding hydrogens is 1050 g/mol. The van der Waals surface area contributed by atoms with Crippen LogP contribution in [0.15, 0.2) is 156 Å². The van der Waals surface area contributed by atoms with Crippen molar-refractivity contribution in [1.29, 1.82) is 0 Å². The first-order valence-electron chi connectivity index (χ1n) is 24.3. The SMILES string of the molecule is CC(C)c1cc(-c2ccccc2)cc(C(C)C)c1-n1c(-c2[c-]ccc3c2oc2cc4c(cc23)C(C)(C)C(C)(C)c2ccccc2-4)nc2ccccc21.C[Si](C)(C)c1ccnc(-c2[c-]cc(F)cc2)c1.[Ir]. The fourth-order valence-corrected chi connectivity index (χ4v) is 11.4. The van der Waals surface area contributed by atoms with Crippen LogP contribution in [0.3, 0.4) is 0 Å². The number of para-hydroxylation sites is 2. The van der Waals surface area contributed by atoms with Gasteiger partial charge < -0.3 is 14.0 Å². The van der Waals surface area contributed by atoms with Crippen molar-refractivity contribution in [3.05, 3.63) is 192 Å². The maximum absolute atomic E-state index is 12.8. The van der Waals surface area contributed by atoms with E-state index in [2.05, 4.69) is 218 Å². The molecule has 0 amide bonds. The van der Waals surface area contributed by atoms with Gasteiger partial charge in [-0.25, -0.2) is 0 Å². The van der Waals surface area contributed by atoms with E-state index in [-0.39, 0.29) is 48.6 Å². The molecule has 7 heteroatoms. The van der Waals surface area contributed by atoms with Crippen LogP contribution in [0.25, 0.3) is 83.6 Å². The molecule has 0 N–H and O–H groups in total. The number of benzene rings is 7. The van der Waals surface area contributed by atoms with Gasteiger partial charge in [0.1, 0.15) is 5.58 Å². The van der Waals surface area contributed by atoms with E-state index < -0.39 is 8.07 Å². The van der Waals surface area contributed by atoms with Crippen LogP contribution in [0, 0.1) is 17.9 Å². The summed E-state index contributed by atoms with van der Waals surface area (Å²) in [6.07, 6.45) is 1.82. The summed E-state index contributed by atoms with van der Waals surface area (Å²) in [5.41, 5.74) is 17.7. The number of hydrogen-bond acceptors (Lipinski definition) is 3. The summed E-state index contributed by atoms with van der Waals surface area (Å²) in [7, 11) is -1.34. The molecule has 1 radical (unpaired) electrons. The van der Waals surface area contributed by atoms with Crippen molar-refractivity contribution >= 4 is 46.2 Å². The number of aromatic nitrogens is 3. The molecule has 4 nitrogen and oxygen atoms in total. The molecule has 0 saturated carbocycles. The second kappa shape index (κ2) is 18.5. The third-order valence-electron chi connectivity index (χ3n) is 14.9. The molecule has 3 heterocycles. The number of halogens is 1. The predicted octanol–water partition coefficient (Wildman–Crippen LogP) is 16.8. The van der Waals surface area contributed by atoms with E-state index in [0.717, 1.165) is 55.6 Å². The van der Waals surface area contributed by atoms with Crippen LogP contribution in [0.4, 0.5) is 4.39 Å². The average molecular weight is 1110 g/mol. The van der Waals surface area contributed by atoms with E-state index in [1.54, 1.807) is 6.07 Å². The summed E-state index contributed by atoms with van der Waals surface area (Å²) in [6, 6.07) is 57.0. The number of hydrogen-bond donors (Lipinski definition) is 0. The van der Waals surface area contributed by atoms with Crippen LogP contribution in [-0.4, -0.2) is 22.6 Å². The summed E-state index contributed by atoms with van der Waals surface area (Å²) in [6.45, 7) is 25.6. The minimum Gasteiger partial charge on any atom is -0.501 e. The quantitative estimate of drug-likeness (QED) is 0.118. The summed E-state index contributed by atoms with van der Waals surface area (Å²) in [5.74, 6) is 1.13. The molecule has 0 atom stereocenters. The molecule has 0 saturated heterocycles. The van der Waals surface area contributed by atoms with Crippen molar-refractivity contribution in [2.24, 2.45) is 0 Å². The van der Waals surface area contributed by atoms with Crippen molar-refractivity contribution in [3.63, 3.8) is 0 Å². The number of pyridine rings is 1. The molecule has 10 aromatic rings. The Morgan fingerprint density at radius 2 is 1.33 bits per heavy atom. The van der Waals surface area contributed by atoms with E-state index in [1.807, 2.05) is 12.3 Å². The average Bonchev–Trinajstić information content (AvgIpc) is 3.91. The van der Waals surface area contributed by atoms with Crippen LogP contribution >= 0.6 is 0 Å². The molecule has 11 rings (SSSR count). The van der Waals surface area contributed by atoms with Gasteiger partial charge in [0, 0.05) is 43.2 Å². The van der Waals surface area contributed by atoms with Gasteiger partial charge in [0.05, 0.1) is 30.5 Å². The van der Waals surface area contributed by atoms with E-state index in [4.69, 9.17) is 9.40 Å². The van der Waals surface area contributed by atoms with Crippen LogP contribution in [0.2, 0.25) is 19.6 Å². The van der Waals surface area contributed by atoms with Gasteiger partial charge in [0.2, 0.25) is 0 Å². The molecule has 1 aliphatic carbocycles. The van der Waals surface area contributed by atoms with E-state index in [0.29, 0.717) is 0 Å². The third kappa shape index (κ3) is 8.40. The van der Waals surface area contributed by atoms with Gasteiger partial charge in [-0.1, -0.05) is 164 Å². The molecule has 7 aromatic carbocycles. The maximum atomic E-state index is 12.8. The number of imidazole rings is 1. The monoisotopic (exact) mass is 1110 g/mol. The Kier molecular flexibility index (Phi) is 12.9. The summed E-state index contributed by atoms with van der Waals surface area (Å²) >= 11 is 0. The summed E-state index contributed by atoms with van der Waals surface area (Å²) < 4.78 is 22.2. The van der Waals surface area contributed by atoms with Gasteiger partial charge in [-0.3, -0.25) is 9.37 Å². The van der Waals surface area contributed by atoms with Crippen molar-refractivity contribution < 1.29 is 28.9 Å². The van der Waals surface area contributed by atoms with Gasteiger partial charge in [-0.15, -0.1) is 48.0 Å². The first-order valence-corrected chi connectivity index (χ1v) is 27.8. The van der Waals surface area contributed by atoms with Crippen molar-refractivity contribution in [3.8, 4) is 50.6 Å².